The van der Waals surface area contributed by atoms with Crippen LogP contribution in [0.1, 0.15) is 12.0 Å². The number of carbonyl (C=O) groups excluding carboxylic acids is 1. The highest BCUT2D eigenvalue weighted by Gasteiger charge is 2.29. The van der Waals surface area contributed by atoms with Crippen molar-refractivity contribution >= 4 is 5.97 Å². The lowest BCUT2D eigenvalue weighted by Gasteiger charge is -2.10. The number of methoxy groups -OCH3 is 2. The van der Waals surface area contributed by atoms with Crippen LogP contribution in [0.4, 0.5) is 13.2 Å². The Morgan fingerprint density at radius 2 is 1.80 bits per heavy atom. The molecule has 0 N–H and O–H groups in total. The maximum absolute atomic E-state index is 11.9. The van der Waals surface area contributed by atoms with Crippen LogP contribution in [0.5, 0.6) is 11.5 Å². The number of rotatable bonds is 6. The van der Waals surface area contributed by atoms with Crippen LogP contribution in [0.2, 0.25) is 0 Å². The van der Waals surface area contributed by atoms with Crippen molar-refractivity contribution in [3.05, 3.63) is 23.8 Å². The molecule has 1 aromatic carbocycles. The Bertz CT molecular complexity index is 457. The first kappa shape index (κ1) is 16.1. The Balaban J connectivity index is 2.51. The smallest absolute Gasteiger partial charge is 0.422 e. The molecule has 1 rings (SSSR count). The van der Waals surface area contributed by atoms with E-state index >= 15 is 0 Å². The molecule has 0 radical (unpaired) electrons. The van der Waals surface area contributed by atoms with Crippen LogP contribution in [0.15, 0.2) is 18.2 Å². The minimum absolute atomic E-state index is 0.133. The minimum atomic E-state index is -4.50. The van der Waals surface area contributed by atoms with Crippen molar-refractivity contribution in [2.24, 2.45) is 0 Å². The van der Waals surface area contributed by atoms with E-state index in [1.54, 1.807) is 18.2 Å². The third kappa shape index (κ3) is 5.38. The highest BCUT2D eigenvalue weighted by atomic mass is 19.4. The van der Waals surface area contributed by atoms with Gasteiger partial charge in [0.15, 0.2) is 18.1 Å². The van der Waals surface area contributed by atoms with Gasteiger partial charge in [-0.2, -0.15) is 13.2 Å². The second kappa shape index (κ2) is 7.02. The van der Waals surface area contributed by atoms with E-state index in [2.05, 4.69) is 4.74 Å². The lowest BCUT2D eigenvalue weighted by Crippen LogP contribution is -2.20. The standard InChI is InChI=1S/C13H15F3O4/c1-18-10-5-3-9(7-11(10)19-2)4-6-12(17)20-8-13(14,15)16/h3,5,7H,4,6,8H2,1-2H3. The summed E-state index contributed by atoms with van der Waals surface area (Å²) in [6, 6.07) is 5.03. The molecule has 0 heterocycles. The summed E-state index contributed by atoms with van der Waals surface area (Å²) < 4.78 is 49.8. The predicted octanol–water partition coefficient (Wildman–Crippen LogP) is 2.74. The first-order valence-corrected chi connectivity index (χ1v) is 5.79. The van der Waals surface area contributed by atoms with Crippen LogP contribution in [0.3, 0.4) is 0 Å². The SMILES string of the molecule is COc1ccc(CCC(=O)OCC(F)(F)F)cc1OC. The second-order valence-electron chi connectivity index (χ2n) is 3.97. The molecule has 0 aliphatic carbocycles. The molecule has 0 aliphatic heterocycles. The molecule has 1 aromatic rings. The molecule has 0 aliphatic rings. The molecule has 0 atom stereocenters. The molecular weight excluding hydrogens is 277 g/mol. The summed E-state index contributed by atoms with van der Waals surface area (Å²) in [5, 5.41) is 0. The summed E-state index contributed by atoms with van der Waals surface area (Å²) in [6.45, 7) is -1.56. The van der Waals surface area contributed by atoms with E-state index in [-0.39, 0.29) is 12.8 Å². The van der Waals surface area contributed by atoms with E-state index in [0.29, 0.717) is 11.5 Å². The summed E-state index contributed by atoms with van der Waals surface area (Å²) in [4.78, 5) is 11.2. The average Bonchev–Trinajstić information content (AvgIpc) is 2.41. The number of esters is 1. The topological polar surface area (TPSA) is 44.8 Å². The molecule has 0 spiro atoms. The van der Waals surface area contributed by atoms with Gasteiger partial charge in [-0.05, 0) is 24.1 Å². The van der Waals surface area contributed by atoms with Gasteiger partial charge in [0, 0.05) is 6.42 Å². The van der Waals surface area contributed by atoms with Gasteiger partial charge < -0.3 is 14.2 Å². The van der Waals surface area contributed by atoms with E-state index in [1.807, 2.05) is 0 Å². The van der Waals surface area contributed by atoms with Gasteiger partial charge in [-0.1, -0.05) is 6.07 Å². The lowest BCUT2D eigenvalue weighted by molar-refractivity contribution is -0.186. The number of hydrogen-bond donors (Lipinski definition) is 0. The maximum Gasteiger partial charge on any atom is 0.422 e. The molecule has 20 heavy (non-hydrogen) atoms. The van der Waals surface area contributed by atoms with Crippen LogP contribution in [0, 0.1) is 0 Å². The summed E-state index contributed by atoms with van der Waals surface area (Å²) in [5.41, 5.74) is 0.742. The summed E-state index contributed by atoms with van der Waals surface area (Å²) in [5.74, 6) is 0.140. The van der Waals surface area contributed by atoms with Crippen molar-refractivity contribution in [1.82, 2.24) is 0 Å². The largest absolute Gasteiger partial charge is 0.493 e. The fraction of sp³-hybridized carbons (Fsp3) is 0.462. The van der Waals surface area contributed by atoms with Crippen molar-refractivity contribution in [2.75, 3.05) is 20.8 Å². The van der Waals surface area contributed by atoms with Crippen LogP contribution in [-0.2, 0) is 16.0 Å². The van der Waals surface area contributed by atoms with Crippen molar-refractivity contribution in [1.29, 1.82) is 0 Å². The molecule has 0 fully saturated rings. The number of aryl methyl sites for hydroxylation is 1. The van der Waals surface area contributed by atoms with Gasteiger partial charge in [-0.25, -0.2) is 0 Å². The van der Waals surface area contributed by atoms with Crippen LogP contribution >= 0.6 is 0 Å². The predicted molar refractivity (Wildman–Crippen MR) is 64.9 cm³/mol. The van der Waals surface area contributed by atoms with Crippen LogP contribution in [-0.4, -0.2) is 33.0 Å². The summed E-state index contributed by atoms with van der Waals surface area (Å²) in [7, 11) is 2.96. The van der Waals surface area contributed by atoms with Crippen molar-refractivity contribution in [3.63, 3.8) is 0 Å². The fourth-order valence-corrected chi connectivity index (χ4v) is 1.52. The number of carbonyl (C=O) groups is 1. The number of ether oxygens (including phenoxy) is 3. The van der Waals surface area contributed by atoms with E-state index in [4.69, 9.17) is 9.47 Å². The first-order chi connectivity index (χ1) is 9.35. The molecule has 0 unspecified atom stereocenters. The third-order valence-corrected chi connectivity index (χ3v) is 2.46. The van der Waals surface area contributed by atoms with Gasteiger partial charge in [0.2, 0.25) is 0 Å². The van der Waals surface area contributed by atoms with Gasteiger partial charge in [0.25, 0.3) is 0 Å². The average molecular weight is 292 g/mol. The summed E-state index contributed by atoms with van der Waals surface area (Å²) in [6.07, 6.45) is -4.37. The summed E-state index contributed by atoms with van der Waals surface area (Å²) >= 11 is 0. The lowest BCUT2D eigenvalue weighted by atomic mass is 10.1. The van der Waals surface area contributed by atoms with Crippen molar-refractivity contribution < 1.29 is 32.2 Å². The zero-order chi connectivity index (χ0) is 15.2. The Kier molecular flexibility index (Phi) is 5.66. The molecule has 112 valence electrons. The maximum atomic E-state index is 11.9. The fourth-order valence-electron chi connectivity index (χ4n) is 1.52. The second-order valence-corrected chi connectivity index (χ2v) is 3.97. The first-order valence-electron chi connectivity index (χ1n) is 5.79. The number of hydrogen-bond acceptors (Lipinski definition) is 4. The zero-order valence-electron chi connectivity index (χ0n) is 11.1. The molecule has 0 aromatic heterocycles. The quantitative estimate of drug-likeness (QED) is 0.756. The van der Waals surface area contributed by atoms with E-state index in [1.165, 1.54) is 14.2 Å². The number of halogens is 3. The van der Waals surface area contributed by atoms with Gasteiger partial charge in [0.1, 0.15) is 0 Å². The van der Waals surface area contributed by atoms with Gasteiger partial charge in [-0.3, -0.25) is 4.79 Å². The van der Waals surface area contributed by atoms with Gasteiger partial charge >= 0.3 is 12.1 Å². The highest BCUT2D eigenvalue weighted by Crippen LogP contribution is 2.28. The number of benzene rings is 1. The molecule has 4 nitrogen and oxygen atoms in total. The van der Waals surface area contributed by atoms with Crippen LogP contribution in [0.25, 0.3) is 0 Å². The minimum Gasteiger partial charge on any atom is -0.493 e. The van der Waals surface area contributed by atoms with Crippen molar-refractivity contribution in [2.45, 2.75) is 19.0 Å². The molecular formula is C13H15F3O4. The molecule has 7 heteroatoms. The van der Waals surface area contributed by atoms with Crippen LogP contribution < -0.4 is 9.47 Å². The molecule has 0 bridgehead atoms. The Morgan fingerprint density at radius 3 is 2.35 bits per heavy atom. The molecule has 0 saturated heterocycles. The van der Waals surface area contributed by atoms with E-state index < -0.39 is 18.8 Å². The Labute approximate surface area is 114 Å². The van der Waals surface area contributed by atoms with E-state index in [9.17, 15) is 18.0 Å². The monoisotopic (exact) mass is 292 g/mol. The van der Waals surface area contributed by atoms with Gasteiger partial charge in [-0.15, -0.1) is 0 Å². The number of alkyl halides is 3. The molecule has 0 amide bonds. The third-order valence-electron chi connectivity index (χ3n) is 2.46. The zero-order valence-corrected chi connectivity index (χ0v) is 11.1. The Morgan fingerprint density at radius 1 is 1.15 bits per heavy atom. The van der Waals surface area contributed by atoms with Gasteiger partial charge in [0.05, 0.1) is 14.2 Å². The van der Waals surface area contributed by atoms with Crippen molar-refractivity contribution in [3.8, 4) is 11.5 Å². The Hall–Kier alpha value is -1.92. The highest BCUT2D eigenvalue weighted by molar-refractivity contribution is 5.69. The van der Waals surface area contributed by atoms with E-state index in [0.717, 1.165) is 5.56 Å². The molecule has 0 saturated carbocycles. The normalized spacial score (nSPS) is 11.1.